The molecule has 0 radical (unpaired) electrons. The van der Waals surface area contributed by atoms with Crippen LogP contribution in [0.3, 0.4) is 0 Å². The molecule has 120 valence electrons. The van der Waals surface area contributed by atoms with Gasteiger partial charge in [-0.3, -0.25) is 14.9 Å². The van der Waals surface area contributed by atoms with Crippen LogP contribution in [0.1, 0.15) is 36.2 Å². The van der Waals surface area contributed by atoms with Crippen molar-refractivity contribution in [1.29, 1.82) is 5.26 Å². The van der Waals surface area contributed by atoms with Crippen LogP contribution in [0.15, 0.2) is 22.4 Å². The van der Waals surface area contributed by atoms with Gasteiger partial charge in [0.15, 0.2) is 0 Å². The molecule has 0 N–H and O–H groups in total. The maximum absolute atomic E-state index is 12.1. The molecule has 0 aromatic carbocycles. The largest absolute Gasteiger partial charge is 0.372 e. The summed E-state index contributed by atoms with van der Waals surface area (Å²) in [6.45, 7) is 4.38. The molecule has 2 aromatic heterocycles. The molecule has 0 saturated carbocycles. The van der Waals surface area contributed by atoms with Crippen molar-refractivity contribution < 1.29 is 9.66 Å². The number of rotatable bonds is 6. The number of aromatic nitrogens is 2. The molecule has 8 nitrogen and oxygen atoms in total. The Bertz CT molecular complexity index is 821. The van der Waals surface area contributed by atoms with Gasteiger partial charge in [-0.1, -0.05) is 0 Å². The standard InChI is InChI=1S/C14H14N4O4S/c1-3-22-9(2)13-16-11(8-23-13)6-17-7-12(18(20)21)4-10(5-15)14(17)19/h4,7-9H,3,6H2,1-2H3/t9-/m1/s1. The first-order valence-electron chi connectivity index (χ1n) is 6.81. The summed E-state index contributed by atoms with van der Waals surface area (Å²) in [5, 5.41) is 22.4. The first-order chi connectivity index (χ1) is 11.0. The number of ether oxygens (including phenoxy) is 1. The van der Waals surface area contributed by atoms with Gasteiger partial charge in [-0.2, -0.15) is 5.26 Å². The number of nitriles is 1. The van der Waals surface area contributed by atoms with Crippen molar-refractivity contribution in [2.75, 3.05) is 6.61 Å². The molecule has 0 amide bonds. The molecule has 2 rings (SSSR count). The fourth-order valence-electron chi connectivity index (χ4n) is 2.00. The third-order valence-electron chi connectivity index (χ3n) is 3.07. The second-order valence-electron chi connectivity index (χ2n) is 4.69. The lowest BCUT2D eigenvalue weighted by molar-refractivity contribution is -0.385. The van der Waals surface area contributed by atoms with E-state index in [0.29, 0.717) is 12.3 Å². The Labute approximate surface area is 135 Å². The second kappa shape index (κ2) is 7.13. The maximum Gasteiger partial charge on any atom is 0.287 e. The van der Waals surface area contributed by atoms with Crippen LogP contribution in [0.2, 0.25) is 0 Å². The van der Waals surface area contributed by atoms with Gasteiger partial charge in [-0.15, -0.1) is 11.3 Å². The van der Waals surface area contributed by atoms with E-state index in [1.54, 1.807) is 11.4 Å². The molecule has 0 aliphatic heterocycles. The monoisotopic (exact) mass is 334 g/mol. The number of pyridine rings is 1. The molecule has 0 saturated heterocycles. The molecule has 9 heteroatoms. The molecule has 0 bridgehead atoms. The number of nitro groups is 1. The Morgan fingerprint density at radius 1 is 1.61 bits per heavy atom. The first-order valence-corrected chi connectivity index (χ1v) is 7.69. The minimum Gasteiger partial charge on any atom is -0.372 e. The molecule has 0 spiro atoms. The Kier molecular flexibility index (Phi) is 5.20. The number of nitrogens with zero attached hydrogens (tertiary/aromatic N) is 4. The summed E-state index contributed by atoms with van der Waals surface area (Å²) in [5.74, 6) is 0. The highest BCUT2D eigenvalue weighted by Crippen LogP contribution is 2.21. The van der Waals surface area contributed by atoms with Gasteiger partial charge in [0.05, 0.1) is 23.4 Å². The zero-order valence-corrected chi connectivity index (χ0v) is 13.4. The van der Waals surface area contributed by atoms with Crippen molar-refractivity contribution in [1.82, 2.24) is 9.55 Å². The van der Waals surface area contributed by atoms with Crippen LogP contribution in [-0.2, 0) is 11.3 Å². The molecule has 0 fully saturated rings. The van der Waals surface area contributed by atoms with E-state index in [9.17, 15) is 14.9 Å². The van der Waals surface area contributed by atoms with E-state index in [1.807, 2.05) is 13.8 Å². The Hall–Kier alpha value is -2.57. The van der Waals surface area contributed by atoms with Gasteiger partial charge < -0.3 is 9.30 Å². The van der Waals surface area contributed by atoms with E-state index in [0.717, 1.165) is 21.8 Å². The average molecular weight is 334 g/mol. The van der Waals surface area contributed by atoms with E-state index in [2.05, 4.69) is 4.98 Å². The molecular formula is C14H14N4O4S. The van der Waals surface area contributed by atoms with Crippen LogP contribution in [-0.4, -0.2) is 21.1 Å². The smallest absolute Gasteiger partial charge is 0.287 e. The van der Waals surface area contributed by atoms with Gasteiger partial charge >= 0.3 is 0 Å². The fraction of sp³-hybridized carbons (Fsp3) is 0.357. The zero-order valence-electron chi connectivity index (χ0n) is 12.6. The molecule has 1 atom stereocenters. The Morgan fingerprint density at radius 2 is 2.35 bits per heavy atom. The molecule has 0 aliphatic rings. The van der Waals surface area contributed by atoms with Crippen molar-refractivity contribution in [3.63, 3.8) is 0 Å². The second-order valence-corrected chi connectivity index (χ2v) is 5.58. The topological polar surface area (TPSA) is 111 Å². The van der Waals surface area contributed by atoms with Crippen LogP contribution in [0.5, 0.6) is 0 Å². The van der Waals surface area contributed by atoms with Crippen molar-refractivity contribution >= 4 is 17.0 Å². The highest BCUT2D eigenvalue weighted by molar-refractivity contribution is 7.09. The quantitative estimate of drug-likeness (QED) is 0.591. The number of hydrogen-bond donors (Lipinski definition) is 0. The van der Waals surface area contributed by atoms with Gasteiger partial charge in [0, 0.05) is 18.1 Å². The summed E-state index contributed by atoms with van der Waals surface area (Å²) >= 11 is 1.39. The maximum atomic E-state index is 12.1. The van der Waals surface area contributed by atoms with Crippen LogP contribution >= 0.6 is 11.3 Å². The fourth-order valence-corrected chi connectivity index (χ4v) is 2.81. The highest BCUT2D eigenvalue weighted by atomic mass is 32.1. The van der Waals surface area contributed by atoms with Crippen molar-refractivity contribution in [3.8, 4) is 6.07 Å². The van der Waals surface area contributed by atoms with Crippen molar-refractivity contribution in [3.05, 3.63) is 54.4 Å². The highest BCUT2D eigenvalue weighted by Gasteiger charge is 2.16. The third-order valence-corrected chi connectivity index (χ3v) is 4.12. The van der Waals surface area contributed by atoms with E-state index in [-0.39, 0.29) is 23.9 Å². The summed E-state index contributed by atoms with van der Waals surface area (Å²) < 4.78 is 6.58. The Balaban J connectivity index is 2.33. The van der Waals surface area contributed by atoms with E-state index in [1.165, 1.54) is 11.3 Å². The SMILES string of the molecule is CCO[C@H](C)c1nc(Cn2cc([N+](=O)[O-])cc(C#N)c2=O)cs1. The molecule has 0 aliphatic carbocycles. The van der Waals surface area contributed by atoms with E-state index >= 15 is 0 Å². The van der Waals surface area contributed by atoms with Crippen LogP contribution in [0.25, 0.3) is 0 Å². The van der Waals surface area contributed by atoms with Crippen LogP contribution in [0, 0.1) is 21.4 Å². The molecule has 2 aromatic rings. The van der Waals surface area contributed by atoms with Crippen molar-refractivity contribution in [2.24, 2.45) is 0 Å². The van der Waals surface area contributed by atoms with Gasteiger partial charge in [-0.05, 0) is 13.8 Å². The predicted octanol–water partition coefficient (Wildman–Crippen LogP) is 2.23. The lowest BCUT2D eigenvalue weighted by atomic mass is 10.2. The van der Waals surface area contributed by atoms with Crippen LogP contribution < -0.4 is 5.56 Å². The number of thiazole rings is 1. The molecule has 0 unspecified atom stereocenters. The summed E-state index contributed by atoms with van der Waals surface area (Å²) in [6.07, 6.45) is 0.962. The lowest BCUT2D eigenvalue weighted by Gasteiger charge is -2.07. The van der Waals surface area contributed by atoms with Gasteiger partial charge in [-0.25, -0.2) is 4.98 Å². The average Bonchev–Trinajstić information content (AvgIpc) is 2.98. The van der Waals surface area contributed by atoms with E-state index in [4.69, 9.17) is 10.00 Å². The van der Waals surface area contributed by atoms with E-state index < -0.39 is 10.5 Å². The lowest BCUT2D eigenvalue weighted by Crippen LogP contribution is -2.23. The summed E-state index contributed by atoms with van der Waals surface area (Å²) in [7, 11) is 0. The first kappa shape index (κ1) is 16.8. The number of hydrogen-bond acceptors (Lipinski definition) is 7. The van der Waals surface area contributed by atoms with Gasteiger partial charge in [0.1, 0.15) is 22.7 Å². The predicted molar refractivity (Wildman–Crippen MR) is 83.3 cm³/mol. The summed E-state index contributed by atoms with van der Waals surface area (Å²) in [4.78, 5) is 26.7. The minimum absolute atomic E-state index is 0.0601. The normalized spacial score (nSPS) is 11.9. The molecular weight excluding hydrogens is 320 g/mol. The van der Waals surface area contributed by atoms with Crippen LogP contribution in [0.4, 0.5) is 5.69 Å². The summed E-state index contributed by atoms with van der Waals surface area (Å²) in [5.41, 5.74) is -0.565. The molecule has 2 heterocycles. The van der Waals surface area contributed by atoms with Gasteiger partial charge in [0.25, 0.3) is 11.2 Å². The Morgan fingerprint density at radius 3 is 2.96 bits per heavy atom. The zero-order chi connectivity index (χ0) is 17.0. The summed E-state index contributed by atoms with van der Waals surface area (Å²) in [6, 6.07) is 2.66. The third kappa shape index (κ3) is 3.80. The van der Waals surface area contributed by atoms with Gasteiger partial charge in [0.2, 0.25) is 0 Å². The molecule has 23 heavy (non-hydrogen) atoms. The van der Waals surface area contributed by atoms with Crippen molar-refractivity contribution in [2.45, 2.75) is 26.5 Å². The minimum atomic E-state index is -0.638.